The van der Waals surface area contributed by atoms with Gasteiger partial charge in [-0.25, -0.2) is 4.57 Å². The fourth-order valence-electron chi connectivity index (χ4n) is 6.20. The van der Waals surface area contributed by atoms with Gasteiger partial charge in [0.2, 0.25) is 5.91 Å². The molecule has 0 rings (SSSR count). The Hall–Kier alpha value is -1.51. The first-order chi connectivity index (χ1) is 26.3. The summed E-state index contributed by atoms with van der Waals surface area (Å²) in [5, 5.41) is 12.7. The van der Waals surface area contributed by atoms with Gasteiger partial charge in [0, 0.05) is 19.4 Å². The fraction of sp³-hybridized carbons (Fsp3) is 0.864. The molecule has 10 heteroatoms. The smallest absolute Gasteiger partial charge is 0.463 e. The molecule has 318 valence electrons. The van der Waals surface area contributed by atoms with Crippen molar-refractivity contribution in [2.75, 3.05) is 26.4 Å². The molecule has 9 nitrogen and oxygen atoms in total. The largest absolute Gasteiger partial charge is 0.472 e. The molecule has 0 fully saturated rings. The van der Waals surface area contributed by atoms with Crippen LogP contribution in [-0.2, 0) is 27.9 Å². The van der Waals surface area contributed by atoms with E-state index in [0.717, 1.165) is 64.2 Å². The van der Waals surface area contributed by atoms with E-state index in [1.54, 1.807) is 0 Å². The van der Waals surface area contributed by atoms with Gasteiger partial charge < -0.3 is 20.1 Å². The van der Waals surface area contributed by atoms with E-state index in [9.17, 15) is 24.2 Å². The Labute approximate surface area is 331 Å². The average molecular weight is 786 g/mol. The summed E-state index contributed by atoms with van der Waals surface area (Å²) in [5.74, 6) is -0.523. The highest BCUT2D eigenvalue weighted by Gasteiger charge is 2.23. The van der Waals surface area contributed by atoms with Gasteiger partial charge in [-0.05, 0) is 57.8 Å². The molecule has 3 N–H and O–H groups in total. The van der Waals surface area contributed by atoms with Gasteiger partial charge in [0.05, 0.1) is 13.2 Å². The van der Waals surface area contributed by atoms with Crippen molar-refractivity contribution in [1.29, 1.82) is 0 Å². The molecule has 0 bridgehead atoms. The number of hydrogen-bond donors (Lipinski definition) is 3. The van der Waals surface area contributed by atoms with Gasteiger partial charge >= 0.3 is 13.8 Å². The van der Waals surface area contributed by atoms with Crippen molar-refractivity contribution in [2.24, 2.45) is 0 Å². The number of aliphatic hydroxyl groups excluding tert-OH is 1. The predicted molar refractivity (Wildman–Crippen MR) is 224 cm³/mol. The molecule has 0 aliphatic carbocycles. The van der Waals surface area contributed by atoms with Crippen LogP contribution in [0, 0.1) is 0 Å². The van der Waals surface area contributed by atoms with Gasteiger partial charge in [-0.3, -0.25) is 18.6 Å². The van der Waals surface area contributed by atoms with Crippen LogP contribution < -0.4 is 5.32 Å². The van der Waals surface area contributed by atoms with Crippen LogP contribution in [0.3, 0.4) is 0 Å². The number of nitrogens with one attached hydrogen (secondary N) is 1. The molecule has 0 aliphatic heterocycles. The summed E-state index contributed by atoms with van der Waals surface area (Å²) in [6, 6.07) is 0. The maximum atomic E-state index is 12.1. The van der Waals surface area contributed by atoms with Crippen LogP contribution in [0.25, 0.3) is 0 Å². The zero-order chi connectivity index (χ0) is 39.6. The number of amides is 1. The van der Waals surface area contributed by atoms with E-state index in [2.05, 4.69) is 43.5 Å². The van der Waals surface area contributed by atoms with Gasteiger partial charge in [-0.2, -0.15) is 0 Å². The molecule has 0 saturated carbocycles. The first kappa shape index (κ1) is 52.5. The molecule has 1 amide bonds. The van der Waals surface area contributed by atoms with Crippen LogP contribution in [0.2, 0.25) is 0 Å². The Morgan fingerprint density at radius 2 is 0.981 bits per heavy atom. The van der Waals surface area contributed by atoms with Crippen LogP contribution in [0.1, 0.15) is 213 Å². The number of carbonyl (C=O) groups excluding carboxylic acids is 2. The number of carbonyl (C=O) groups is 2. The van der Waals surface area contributed by atoms with Crippen molar-refractivity contribution in [3.05, 3.63) is 24.3 Å². The number of hydrogen-bond acceptors (Lipinski definition) is 7. The van der Waals surface area contributed by atoms with Crippen LogP contribution >= 0.6 is 7.82 Å². The monoisotopic (exact) mass is 786 g/mol. The molecule has 54 heavy (non-hydrogen) atoms. The van der Waals surface area contributed by atoms with Gasteiger partial charge in [0.1, 0.15) is 12.7 Å². The molecule has 0 aromatic rings. The van der Waals surface area contributed by atoms with E-state index in [1.165, 1.54) is 122 Å². The Kier molecular flexibility index (Phi) is 40.0. The third-order valence-corrected chi connectivity index (χ3v) is 10.6. The van der Waals surface area contributed by atoms with E-state index in [0.29, 0.717) is 6.42 Å². The molecule has 2 atom stereocenters. The molecule has 0 aliphatic rings. The number of phosphoric acid groups is 1. The first-order valence-corrected chi connectivity index (χ1v) is 23.8. The minimum atomic E-state index is -4.41. The summed E-state index contributed by atoms with van der Waals surface area (Å²) >= 11 is 0. The zero-order valence-corrected chi connectivity index (χ0v) is 35.8. The summed E-state index contributed by atoms with van der Waals surface area (Å²) in [7, 11) is -4.41. The van der Waals surface area contributed by atoms with Gasteiger partial charge in [-0.15, -0.1) is 0 Å². The molecule has 0 aromatic carbocycles. The quantitative estimate of drug-likeness (QED) is 0.0241. The number of rotatable bonds is 42. The summed E-state index contributed by atoms with van der Waals surface area (Å²) in [4.78, 5) is 33.8. The topological polar surface area (TPSA) is 131 Å². The molecule has 0 radical (unpaired) electrons. The van der Waals surface area contributed by atoms with Crippen molar-refractivity contribution < 1.29 is 37.9 Å². The van der Waals surface area contributed by atoms with Gasteiger partial charge in [-0.1, -0.05) is 167 Å². The number of unbranched alkanes of at least 4 members (excludes halogenated alkanes) is 25. The summed E-state index contributed by atoms with van der Waals surface area (Å²) < 4.78 is 26.8. The van der Waals surface area contributed by atoms with Crippen molar-refractivity contribution >= 4 is 19.7 Å². The lowest BCUT2D eigenvalue weighted by atomic mass is 10.0. The molecule has 0 saturated heterocycles. The summed E-state index contributed by atoms with van der Waals surface area (Å²) in [6.45, 7) is 3.49. The Morgan fingerprint density at radius 3 is 1.46 bits per heavy atom. The minimum absolute atomic E-state index is 0.0830. The second-order valence-electron chi connectivity index (χ2n) is 15.0. The Bertz CT molecular complexity index is 944. The van der Waals surface area contributed by atoms with Crippen molar-refractivity contribution in [3.63, 3.8) is 0 Å². The lowest BCUT2D eigenvalue weighted by Crippen LogP contribution is -2.27. The first-order valence-electron chi connectivity index (χ1n) is 22.3. The molecule has 0 heterocycles. The second kappa shape index (κ2) is 41.1. The van der Waals surface area contributed by atoms with Crippen LogP contribution in [0.5, 0.6) is 0 Å². The summed E-state index contributed by atoms with van der Waals surface area (Å²) in [5.41, 5.74) is 0. The van der Waals surface area contributed by atoms with E-state index in [4.69, 9.17) is 13.8 Å². The van der Waals surface area contributed by atoms with E-state index >= 15 is 0 Å². The van der Waals surface area contributed by atoms with Gasteiger partial charge in [0.15, 0.2) is 0 Å². The third-order valence-electron chi connectivity index (χ3n) is 9.58. The summed E-state index contributed by atoms with van der Waals surface area (Å²) in [6.07, 6.45) is 44.1. The lowest BCUT2D eigenvalue weighted by Gasteiger charge is -2.15. The number of allylic oxidation sites excluding steroid dienone is 4. The van der Waals surface area contributed by atoms with Crippen molar-refractivity contribution in [2.45, 2.75) is 219 Å². The number of ether oxygens (including phenoxy) is 1. The number of phosphoric ester groups is 1. The highest BCUT2D eigenvalue weighted by molar-refractivity contribution is 7.47. The SMILES string of the molecule is CCC/C=C\CCCCCCCC(=O)OCC(O)COP(=O)(O)OCCNC(=O)CCCCCCCCCCCCCCC/C=C/CCCCCCCC. The average Bonchev–Trinajstić information content (AvgIpc) is 3.16. The van der Waals surface area contributed by atoms with Crippen molar-refractivity contribution in [3.8, 4) is 0 Å². The zero-order valence-electron chi connectivity index (χ0n) is 34.9. The Morgan fingerprint density at radius 1 is 0.556 bits per heavy atom. The minimum Gasteiger partial charge on any atom is -0.463 e. The number of esters is 1. The van der Waals surface area contributed by atoms with Crippen molar-refractivity contribution in [1.82, 2.24) is 5.32 Å². The maximum Gasteiger partial charge on any atom is 0.472 e. The van der Waals surface area contributed by atoms with Gasteiger partial charge in [0.25, 0.3) is 0 Å². The molecular weight excluding hydrogens is 701 g/mol. The van der Waals surface area contributed by atoms with Crippen LogP contribution in [0.15, 0.2) is 24.3 Å². The third kappa shape index (κ3) is 41.6. The lowest BCUT2D eigenvalue weighted by molar-refractivity contribution is -0.147. The van der Waals surface area contributed by atoms with E-state index in [1.807, 2.05) is 0 Å². The molecule has 0 aromatic heterocycles. The molecular formula is C44H84NO8P. The van der Waals surface area contributed by atoms with Crippen LogP contribution in [-0.4, -0.2) is 54.3 Å². The maximum absolute atomic E-state index is 12.1. The van der Waals surface area contributed by atoms with E-state index in [-0.39, 0.29) is 32.1 Å². The van der Waals surface area contributed by atoms with Crippen LogP contribution in [0.4, 0.5) is 0 Å². The Balaban J connectivity index is 3.52. The number of aliphatic hydroxyl groups is 1. The molecule has 2 unspecified atom stereocenters. The normalized spacial score (nSPS) is 13.5. The second-order valence-corrected chi connectivity index (χ2v) is 16.5. The highest BCUT2D eigenvalue weighted by atomic mass is 31.2. The van der Waals surface area contributed by atoms with E-state index < -0.39 is 26.5 Å². The predicted octanol–water partition coefficient (Wildman–Crippen LogP) is 12.4. The standard InChI is InChI=1S/C44H84NO8P/c1-3-5-7-9-11-13-15-16-17-18-19-20-21-22-23-24-25-26-27-28-30-32-34-36-43(47)45-38-39-52-54(49,50)53-41-42(46)40-51-44(48)37-35-33-31-29-14-12-10-8-6-4-2/h8,10,16-17,42,46H,3-7,9,11-15,18-41H2,1-2H3,(H,45,47)(H,49,50)/b10-8-,17-16+. The highest BCUT2D eigenvalue weighted by Crippen LogP contribution is 2.42. The fourth-order valence-corrected chi connectivity index (χ4v) is 6.96. The molecule has 0 spiro atoms.